The minimum Gasteiger partial charge on any atom is -0.454 e. The molecule has 0 amide bonds. The van der Waals surface area contributed by atoms with E-state index in [2.05, 4.69) is 6.08 Å². The Morgan fingerprint density at radius 2 is 2.04 bits per heavy atom. The highest BCUT2D eigenvalue weighted by Gasteiger charge is 2.61. The van der Waals surface area contributed by atoms with E-state index in [1.807, 2.05) is 23.1 Å². The van der Waals surface area contributed by atoms with Crippen LogP contribution in [0.15, 0.2) is 24.3 Å². The second-order valence-corrected chi connectivity index (χ2v) is 6.70. The van der Waals surface area contributed by atoms with Crippen molar-refractivity contribution in [3.63, 3.8) is 0 Å². The molecular weight excluding hydrogens is 298 g/mol. The number of fused-ring (bicyclic) bond motifs is 2. The van der Waals surface area contributed by atoms with Crippen LogP contribution >= 0.6 is 0 Å². The Morgan fingerprint density at radius 1 is 1.26 bits per heavy atom. The highest BCUT2D eigenvalue weighted by Crippen LogP contribution is 2.56. The van der Waals surface area contributed by atoms with Crippen molar-refractivity contribution in [2.24, 2.45) is 0 Å². The molecule has 0 aromatic heterocycles. The quantitative estimate of drug-likeness (QED) is 0.742. The lowest BCUT2D eigenvalue weighted by atomic mass is 9.65. The van der Waals surface area contributed by atoms with Crippen LogP contribution in [-0.4, -0.2) is 53.8 Å². The molecule has 6 atom stereocenters. The van der Waals surface area contributed by atoms with Crippen molar-refractivity contribution in [3.8, 4) is 11.5 Å². The van der Waals surface area contributed by atoms with E-state index in [1.54, 1.807) is 7.11 Å². The lowest BCUT2D eigenvalue weighted by Crippen LogP contribution is -2.53. The van der Waals surface area contributed by atoms with Crippen LogP contribution in [-0.2, 0) is 10.2 Å². The van der Waals surface area contributed by atoms with Crippen LogP contribution in [0.4, 0.5) is 0 Å². The number of hydrogen-bond acceptors (Lipinski definition) is 6. The van der Waals surface area contributed by atoms with Crippen LogP contribution < -0.4 is 9.47 Å². The van der Waals surface area contributed by atoms with Gasteiger partial charge in [0.1, 0.15) is 6.23 Å². The van der Waals surface area contributed by atoms with E-state index in [4.69, 9.17) is 14.2 Å². The molecule has 2 unspecified atom stereocenters. The normalized spacial score (nSPS) is 42.5. The maximum absolute atomic E-state index is 10.8. The van der Waals surface area contributed by atoms with Crippen LogP contribution in [0.1, 0.15) is 23.8 Å². The zero-order valence-corrected chi connectivity index (χ0v) is 12.8. The highest BCUT2D eigenvalue weighted by molar-refractivity contribution is 5.57. The second kappa shape index (κ2) is 4.48. The molecule has 6 nitrogen and oxygen atoms in total. The van der Waals surface area contributed by atoms with E-state index < -0.39 is 17.7 Å². The molecule has 1 saturated heterocycles. The number of ether oxygens (including phenoxy) is 3. The Labute approximate surface area is 133 Å². The Balaban J connectivity index is 1.75. The van der Waals surface area contributed by atoms with Crippen molar-refractivity contribution in [1.29, 1.82) is 0 Å². The van der Waals surface area contributed by atoms with E-state index in [0.29, 0.717) is 18.0 Å². The van der Waals surface area contributed by atoms with Gasteiger partial charge in [-0.15, -0.1) is 0 Å². The molecule has 2 N–H and O–H groups in total. The predicted octanol–water partition coefficient (Wildman–Crippen LogP) is 0.678. The van der Waals surface area contributed by atoms with Crippen molar-refractivity contribution in [3.05, 3.63) is 35.4 Å². The standard InChI is InChI=1S/C17H19NO5/c1-21-9-2-3-17-11-6-13-12(22-8-23-13)5-10(11)16(20)18(7-15(17)19)14(17)4-9/h2-3,5-6,9,14-16,19-20H,4,7-8H2,1H3/t9-,14+,15?,16+,17-/m1/s1. The van der Waals surface area contributed by atoms with Gasteiger partial charge in [-0.05, 0) is 24.1 Å². The predicted molar refractivity (Wildman–Crippen MR) is 80.3 cm³/mol. The minimum absolute atomic E-state index is 0.00341. The van der Waals surface area contributed by atoms with Gasteiger partial charge in [-0.25, -0.2) is 0 Å². The smallest absolute Gasteiger partial charge is 0.231 e. The molecule has 122 valence electrons. The van der Waals surface area contributed by atoms with Crippen LogP contribution in [0.5, 0.6) is 11.5 Å². The number of rotatable bonds is 1. The van der Waals surface area contributed by atoms with E-state index in [-0.39, 0.29) is 18.9 Å². The minimum atomic E-state index is -0.751. The van der Waals surface area contributed by atoms with Gasteiger partial charge in [0.2, 0.25) is 6.79 Å². The molecule has 0 spiro atoms. The van der Waals surface area contributed by atoms with Gasteiger partial charge in [0.05, 0.1) is 17.6 Å². The summed E-state index contributed by atoms with van der Waals surface area (Å²) in [7, 11) is 1.69. The number of benzene rings is 1. The topological polar surface area (TPSA) is 71.4 Å². The lowest BCUT2D eigenvalue weighted by molar-refractivity contribution is -0.0399. The maximum Gasteiger partial charge on any atom is 0.231 e. The number of nitrogens with zero attached hydrogens (tertiary/aromatic N) is 1. The van der Waals surface area contributed by atoms with Crippen LogP contribution in [0.3, 0.4) is 0 Å². The molecule has 23 heavy (non-hydrogen) atoms. The summed E-state index contributed by atoms with van der Waals surface area (Å²) in [4.78, 5) is 1.98. The first-order valence-electron chi connectivity index (χ1n) is 7.93. The molecule has 1 aromatic rings. The summed E-state index contributed by atoms with van der Waals surface area (Å²) >= 11 is 0. The molecule has 4 aliphatic rings. The first-order valence-corrected chi connectivity index (χ1v) is 7.93. The van der Waals surface area contributed by atoms with Crippen molar-refractivity contribution in [2.75, 3.05) is 20.4 Å². The van der Waals surface area contributed by atoms with E-state index in [9.17, 15) is 10.2 Å². The Hall–Kier alpha value is -1.60. The van der Waals surface area contributed by atoms with Gasteiger partial charge in [0.25, 0.3) is 0 Å². The summed E-state index contributed by atoms with van der Waals surface area (Å²) in [6, 6.07) is 3.79. The van der Waals surface area contributed by atoms with Crippen LogP contribution in [0.25, 0.3) is 0 Å². The highest BCUT2D eigenvalue weighted by atomic mass is 16.7. The van der Waals surface area contributed by atoms with E-state index in [0.717, 1.165) is 17.5 Å². The largest absolute Gasteiger partial charge is 0.454 e. The molecule has 0 saturated carbocycles. The van der Waals surface area contributed by atoms with Crippen molar-refractivity contribution in [1.82, 2.24) is 4.90 Å². The molecule has 1 aromatic carbocycles. The summed E-state index contributed by atoms with van der Waals surface area (Å²) in [6.07, 6.45) is 3.51. The van der Waals surface area contributed by atoms with E-state index >= 15 is 0 Å². The SMILES string of the molecule is CO[C@@H]1C=C[C@]23c4cc5c(cc4[C@H](O)N(CC2O)[C@H]3C1)OCO5. The summed E-state index contributed by atoms with van der Waals surface area (Å²) in [5, 5.41) is 21.7. The summed E-state index contributed by atoms with van der Waals surface area (Å²) in [6.45, 7) is 0.631. The molecule has 3 heterocycles. The van der Waals surface area contributed by atoms with E-state index in [1.165, 1.54) is 0 Å². The Morgan fingerprint density at radius 3 is 2.83 bits per heavy atom. The van der Waals surface area contributed by atoms with Gasteiger partial charge in [0, 0.05) is 25.3 Å². The lowest BCUT2D eigenvalue weighted by Gasteiger charge is -2.48. The fourth-order valence-corrected chi connectivity index (χ4v) is 4.71. The summed E-state index contributed by atoms with van der Waals surface area (Å²) in [5.74, 6) is 1.33. The number of aliphatic hydroxyl groups excluding tert-OH is 2. The number of hydrogen-bond donors (Lipinski definition) is 2. The zero-order chi connectivity index (χ0) is 15.8. The molecule has 1 aliphatic carbocycles. The van der Waals surface area contributed by atoms with Crippen molar-refractivity contribution >= 4 is 0 Å². The van der Waals surface area contributed by atoms with Gasteiger partial charge in [-0.1, -0.05) is 12.2 Å². The monoisotopic (exact) mass is 317 g/mol. The second-order valence-electron chi connectivity index (χ2n) is 6.70. The fourth-order valence-electron chi connectivity index (χ4n) is 4.71. The molecule has 2 bridgehead atoms. The third kappa shape index (κ3) is 1.57. The molecule has 6 heteroatoms. The van der Waals surface area contributed by atoms with Crippen LogP contribution in [0, 0.1) is 0 Å². The zero-order valence-electron chi connectivity index (χ0n) is 12.8. The fraction of sp³-hybridized carbons (Fsp3) is 0.529. The molecular formula is C17H19NO5. The van der Waals surface area contributed by atoms with Gasteiger partial charge in [-0.2, -0.15) is 0 Å². The molecule has 3 aliphatic heterocycles. The van der Waals surface area contributed by atoms with Crippen LogP contribution in [0.2, 0.25) is 0 Å². The molecule has 0 radical (unpaired) electrons. The molecule has 5 rings (SSSR count). The van der Waals surface area contributed by atoms with Gasteiger partial charge in [-0.3, -0.25) is 4.90 Å². The van der Waals surface area contributed by atoms with Crippen molar-refractivity contribution in [2.45, 2.75) is 36.3 Å². The van der Waals surface area contributed by atoms with Crippen molar-refractivity contribution < 1.29 is 24.4 Å². The Kier molecular flexibility index (Phi) is 2.69. The van der Waals surface area contributed by atoms with Gasteiger partial charge < -0.3 is 24.4 Å². The maximum atomic E-state index is 10.8. The molecule has 1 fully saturated rings. The third-order valence-corrected chi connectivity index (χ3v) is 5.84. The first kappa shape index (κ1) is 13.8. The summed E-state index contributed by atoms with van der Waals surface area (Å²) < 4.78 is 16.4. The average molecular weight is 317 g/mol. The average Bonchev–Trinajstić information content (AvgIpc) is 3.12. The first-order chi connectivity index (χ1) is 11.1. The number of aliphatic hydroxyl groups is 2. The third-order valence-electron chi connectivity index (χ3n) is 5.84. The van der Waals surface area contributed by atoms with Gasteiger partial charge in [0.15, 0.2) is 11.5 Å². The summed E-state index contributed by atoms with van der Waals surface area (Å²) in [5.41, 5.74) is 1.21. The Bertz CT molecular complexity index is 704. The number of methoxy groups -OCH3 is 1. The van der Waals surface area contributed by atoms with Gasteiger partial charge >= 0.3 is 0 Å².